The summed E-state index contributed by atoms with van der Waals surface area (Å²) in [5, 5.41) is 5.62. The van der Waals surface area contributed by atoms with Crippen molar-refractivity contribution < 1.29 is 4.74 Å². The monoisotopic (exact) mass is 435 g/mol. The van der Waals surface area contributed by atoms with Crippen molar-refractivity contribution in [3.8, 4) is 11.5 Å². The van der Waals surface area contributed by atoms with E-state index in [4.69, 9.17) is 27.9 Å². The van der Waals surface area contributed by atoms with Crippen LogP contribution in [-0.2, 0) is 0 Å². The van der Waals surface area contributed by atoms with Crippen LogP contribution in [0.4, 0.5) is 11.4 Å². The molecule has 1 heterocycles. The predicted octanol–water partition coefficient (Wildman–Crippen LogP) is 9.12. The average Bonchev–Trinajstić information content (AvgIpc) is 2.74. The molecule has 2 nitrogen and oxygen atoms in total. The molecule has 0 saturated carbocycles. The maximum absolute atomic E-state index is 6.40. The van der Waals surface area contributed by atoms with Crippen molar-refractivity contribution in [1.29, 1.82) is 0 Å². The third-order valence-corrected chi connectivity index (χ3v) is 6.54. The lowest BCUT2D eigenvalue weighted by molar-refractivity contribution is 0.473. The van der Waals surface area contributed by atoms with Crippen molar-refractivity contribution >= 4 is 56.1 Å². The number of fused-ring (bicyclic) bond motifs is 4. The fourth-order valence-corrected chi connectivity index (χ4v) is 4.58. The van der Waals surface area contributed by atoms with E-state index in [-0.39, 0.29) is 0 Å². The normalized spacial score (nSPS) is 12.7. The molecule has 152 valence electrons. The Hall–Kier alpha value is -2.42. The molecular weight excluding hydrogens is 413 g/mol. The zero-order valence-electron chi connectivity index (χ0n) is 16.9. The van der Waals surface area contributed by atoms with Crippen LogP contribution in [0.25, 0.3) is 21.5 Å². The molecule has 0 amide bonds. The Kier molecular flexibility index (Phi) is 5.22. The van der Waals surface area contributed by atoms with Crippen LogP contribution in [0.15, 0.2) is 60.7 Å². The zero-order valence-corrected chi connectivity index (χ0v) is 18.4. The summed E-state index contributed by atoms with van der Waals surface area (Å²) in [4.78, 5) is 2.40. The lowest BCUT2D eigenvalue weighted by Crippen LogP contribution is -2.22. The minimum atomic E-state index is 0.558. The van der Waals surface area contributed by atoms with Crippen molar-refractivity contribution in [2.24, 2.45) is 0 Å². The standard InChI is InChI=1S/C26H23Cl2NO/c1-2-3-4-7-10-29-23-13-17-8-5-6-9-18(17)15-25(23)30-26-16-20-12-22(28)21(27)11-19(20)14-24(26)29/h5-6,8-9,11-16H,2-4,7,10H2,1H3. The molecule has 0 radical (unpaired) electrons. The van der Waals surface area contributed by atoms with Gasteiger partial charge in [-0.1, -0.05) is 73.7 Å². The van der Waals surface area contributed by atoms with Gasteiger partial charge in [0.25, 0.3) is 0 Å². The molecule has 0 aromatic heterocycles. The van der Waals surface area contributed by atoms with Crippen LogP contribution in [0.2, 0.25) is 10.0 Å². The number of anilines is 2. The molecule has 30 heavy (non-hydrogen) atoms. The summed E-state index contributed by atoms with van der Waals surface area (Å²) in [6, 6.07) is 20.9. The molecule has 0 aliphatic carbocycles. The highest BCUT2D eigenvalue weighted by molar-refractivity contribution is 6.42. The summed E-state index contributed by atoms with van der Waals surface area (Å²) >= 11 is 12.6. The van der Waals surface area contributed by atoms with Gasteiger partial charge in [0, 0.05) is 6.54 Å². The fourth-order valence-electron chi connectivity index (χ4n) is 4.24. The number of nitrogens with zero attached hydrogens (tertiary/aromatic N) is 1. The number of benzene rings is 4. The van der Waals surface area contributed by atoms with Crippen LogP contribution in [0.1, 0.15) is 32.6 Å². The number of unbranched alkanes of at least 4 members (excludes halogenated alkanes) is 3. The highest BCUT2D eigenvalue weighted by atomic mass is 35.5. The maximum Gasteiger partial charge on any atom is 0.151 e. The van der Waals surface area contributed by atoms with Crippen LogP contribution in [0.3, 0.4) is 0 Å². The van der Waals surface area contributed by atoms with Crippen LogP contribution in [0, 0.1) is 0 Å². The molecule has 0 fully saturated rings. The molecule has 0 saturated heterocycles. The van der Waals surface area contributed by atoms with Crippen molar-refractivity contribution in [2.75, 3.05) is 11.4 Å². The summed E-state index contributed by atoms with van der Waals surface area (Å²) in [5.74, 6) is 1.76. The van der Waals surface area contributed by atoms with Gasteiger partial charge in [-0.3, -0.25) is 0 Å². The van der Waals surface area contributed by atoms with Gasteiger partial charge < -0.3 is 9.64 Å². The van der Waals surface area contributed by atoms with Gasteiger partial charge in [-0.2, -0.15) is 0 Å². The minimum absolute atomic E-state index is 0.558. The van der Waals surface area contributed by atoms with Crippen LogP contribution in [-0.4, -0.2) is 6.54 Å². The van der Waals surface area contributed by atoms with Gasteiger partial charge in [0.2, 0.25) is 0 Å². The third-order valence-electron chi connectivity index (χ3n) is 5.82. The summed E-state index contributed by atoms with van der Waals surface area (Å²) < 4.78 is 6.40. The first-order valence-corrected chi connectivity index (χ1v) is 11.3. The predicted molar refractivity (Wildman–Crippen MR) is 129 cm³/mol. The number of ether oxygens (including phenoxy) is 1. The first kappa shape index (κ1) is 19.5. The maximum atomic E-state index is 6.40. The minimum Gasteiger partial charge on any atom is -0.453 e. The first-order chi connectivity index (χ1) is 14.6. The van der Waals surface area contributed by atoms with Gasteiger partial charge in [0.1, 0.15) is 0 Å². The highest BCUT2D eigenvalue weighted by Crippen LogP contribution is 2.50. The molecule has 0 unspecified atom stereocenters. The van der Waals surface area contributed by atoms with E-state index in [0.717, 1.165) is 46.6 Å². The number of hydrogen-bond acceptors (Lipinski definition) is 2. The highest BCUT2D eigenvalue weighted by Gasteiger charge is 2.25. The van der Waals surface area contributed by atoms with E-state index in [0.29, 0.717) is 10.0 Å². The van der Waals surface area contributed by atoms with Gasteiger partial charge in [0.05, 0.1) is 21.4 Å². The molecule has 1 aliphatic heterocycles. The molecule has 0 N–H and O–H groups in total. The Bertz CT molecular complexity index is 1250. The summed E-state index contributed by atoms with van der Waals surface area (Å²) in [6.07, 6.45) is 4.85. The largest absolute Gasteiger partial charge is 0.453 e. The molecule has 4 aromatic carbocycles. The Labute approximate surface area is 187 Å². The number of halogens is 2. The lowest BCUT2D eigenvalue weighted by atomic mass is 10.0. The van der Waals surface area contributed by atoms with Crippen LogP contribution < -0.4 is 9.64 Å². The molecular formula is C26H23Cl2NO. The van der Waals surface area contributed by atoms with Crippen molar-refractivity contribution in [3.05, 3.63) is 70.7 Å². The van der Waals surface area contributed by atoms with Crippen molar-refractivity contribution in [1.82, 2.24) is 0 Å². The molecule has 1 aliphatic rings. The van der Waals surface area contributed by atoms with Gasteiger partial charge >= 0.3 is 0 Å². The number of hydrogen-bond donors (Lipinski definition) is 0. The second kappa shape index (κ2) is 8.02. The molecule has 4 aromatic rings. The summed E-state index contributed by atoms with van der Waals surface area (Å²) in [7, 11) is 0. The molecule has 4 heteroatoms. The lowest BCUT2D eigenvalue weighted by Gasteiger charge is -2.33. The molecule has 0 spiro atoms. The zero-order chi connectivity index (χ0) is 20.7. The van der Waals surface area contributed by atoms with E-state index in [1.807, 2.05) is 12.1 Å². The van der Waals surface area contributed by atoms with Gasteiger partial charge in [-0.15, -0.1) is 0 Å². The van der Waals surface area contributed by atoms with Crippen LogP contribution in [0.5, 0.6) is 11.5 Å². The smallest absolute Gasteiger partial charge is 0.151 e. The van der Waals surface area contributed by atoms with E-state index in [9.17, 15) is 0 Å². The van der Waals surface area contributed by atoms with Crippen LogP contribution >= 0.6 is 23.2 Å². The van der Waals surface area contributed by atoms with Crippen molar-refractivity contribution in [3.63, 3.8) is 0 Å². The number of rotatable bonds is 5. The summed E-state index contributed by atoms with van der Waals surface area (Å²) in [6.45, 7) is 3.20. The Balaban J connectivity index is 1.65. The molecule has 5 rings (SSSR count). The quantitative estimate of drug-likeness (QED) is 0.289. The molecule has 0 bridgehead atoms. The fraction of sp³-hybridized carbons (Fsp3) is 0.231. The van der Waals surface area contributed by atoms with Gasteiger partial charge in [0.15, 0.2) is 11.5 Å². The topological polar surface area (TPSA) is 12.5 Å². The third kappa shape index (κ3) is 3.49. The van der Waals surface area contributed by atoms with E-state index in [1.165, 1.54) is 30.0 Å². The Morgan fingerprint density at radius 1 is 0.700 bits per heavy atom. The SMILES string of the molecule is CCCCCCN1c2cc3ccccc3cc2Oc2cc3cc(Cl)c(Cl)cc3cc21. The van der Waals surface area contributed by atoms with Gasteiger partial charge in [-0.25, -0.2) is 0 Å². The summed E-state index contributed by atoms with van der Waals surface area (Å²) in [5.41, 5.74) is 2.21. The van der Waals surface area contributed by atoms with E-state index >= 15 is 0 Å². The second-order valence-electron chi connectivity index (χ2n) is 7.91. The average molecular weight is 436 g/mol. The van der Waals surface area contributed by atoms with Crippen molar-refractivity contribution in [2.45, 2.75) is 32.6 Å². The Morgan fingerprint density at radius 3 is 1.93 bits per heavy atom. The van der Waals surface area contributed by atoms with E-state index in [2.05, 4.69) is 60.4 Å². The van der Waals surface area contributed by atoms with Gasteiger partial charge in [-0.05, 0) is 64.4 Å². The Morgan fingerprint density at radius 2 is 1.27 bits per heavy atom. The second-order valence-corrected chi connectivity index (χ2v) is 8.73. The molecule has 0 atom stereocenters. The van der Waals surface area contributed by atoms with E-state index in [1.54, 1.807) is 0 Å². The first-order valence-electron chi connectivity index (χ1n) is 10.5. The van der Waals surface area contributed by atoms with E-state index < -0.39 is 0 Å².